The highest BCUT2D eigenvalue weighted by molar-refractivity contribution is 6.33. The highest BCUT2D eigenvalue weighted by atomic mass is 35.5. The molecule has 15 heavy (non-hydrogen) atoms. The van der Waals surface area contributed by atoms with E-state index in [1.165, 1.54) is 6.92 Å². The van der Waals surface area contributed by atoms with Crippen LogP contribution in [0.3, 0.4) is 0 Å². The molecule has 0 bridgehead atoms. The number of halogens is 1. The molecule has 0 aromatic heterocycles. The Kier molecular flexibility index (Phi) is 3.11. The zero-order valence-electron chi connectivity index (χ0n) is 7.65. The largest absolute Gasteiger partial charge is 0.506 e. The molecule has 1 rings (SSSR count). The van der Waals surface area contributed by atoms with Crippen LogP contribution in [0.25, 0.3) is 0 Å². The Labute approximate surface area is 89.6 Å². The molecule has 80 valence electrons. The number of nitro benzene ring substituents is 1. The van der Waals surface area contributed by atoms with E-state index in [1.807, 2.05) is 0 Å². The minimum atomic E-state index is -0.723. The van der Waals surface area contributed by atoms with Crippen molar-refractivity contribution >= 4 is 28.9 Å². The topological polar surface area (TPSA) is 92.5 Å². The maximum absolute atomic E-state index is 10.7. The number of amides is 1. The first-order chi connectivity index (χ1) is 6.91. The highest BCUT2D eigenvalue weighted by Gasteiger charge is 2.16. The number of carbonyl (C=O) groups is 1. The second-order valence-electron chi connectivity index (χ2n) is 2.76. The van der Waals surface area contributed by atoms with Crippen LogP contribution in [0, 0.1) is 10.1 Å². The summed E-state index contributed by atoms with van der Waals surface area (Å²) < 4.78 is 0. The van der Waals surface area contributed by atoms with Crippen LogP contribution < -0.4 is 5.32 Å². The van der Waals surface area contributed by atoms with Crippen LogP contribution in [0.1, 0.15) is 6.92 Å². The summed E-state index contributed by atoms with van der Waals surface area (Å²) in [4.78, 5) is 20.4. The molecule has 2 N–H and O–H groups in total. The molecule has 0 radical (unpaired) electrons. The van der Waals surface area contributed by atoms with Gasteiger partial charge < -0.3 is 10.4 Å². The standard InChI is InChI=1S/C8H7ClN2O4/c1-4(12)10-6-2-5(9)7(11(14)15)3-8(6)13/h2-3,13H,1H3,(H,10,12). The number of nitro groups is 1. The van der Waals surface area contributed by atoms with Crippen molar-refractivity contribution in [2.24, 2.45) is 0 Å². The Morgan fingerprint density at radius 2 is 2.20 bits per heavy atom. The first-order valence-electron chi connectivity index (χ1n) is 3.86. The van der Waals surface area contributed by atoms with Crippen molar-refractivity contribution in [2.75, 3.05) is 5.32 Å². The van der Waals surface area contributed by atoms with E-state index in [-0.39, 0.29) is 10.7 Å². The van der Waals surface area contributed by atoms with Crippen LogP contribution in [0.5, 0.6) is 5.75 Å². The van der Waals surface area contributed by atoms with Gasteiger partial charge in [0.25, 0.3) is 5.69 Å². The summed E-state index contributed by atoms with van der Waals surface area (Å²) in [5, 5.41) is 21.9. The fraction of sp³-hybridized carbons (Fsp3) is 0.125. The van der Waals surface area contributed by atoms with Gasteiger partial charge in [-0.25, -0.2) is 0 Å². The van der Waals surface area contributed by atoms with Crippen molar-refractivity contribution in [3.8, 4) is 5.75 Å². The van der Waals surface area contributed by atoms with Gasteiger partial charge in [-0.3, -0.25) is 14.9 Å². The number of phenols is 1. The summed E-state index contributed by atoms with van der Waals surface area (Å²) >= 11 is 5.58. The summed E-state index contributed by atoms with van der Waals surface area (Å²) in [6, 6.07) is 2.00. The molecule has 1 aromatic rings. The Balaban J connectivity index is 3.19. The third kappa shape index (κ3) is 2.57. The number of phenolic OH excluding ortho intramolecular Hbond substituents is 1. The van der Waals surface area contributed by atoms with Crippen molar-refractivity contribution in [3.63, 3.8) is 0 Å². The lowest BCUT2D eigenvalue weighted by Gasteiger charge is -2.05. The monoisotopic (exact) mass is 230 g/mol. The van der Waals surface area contributed by atoms with E-state index in [0.29, 0.717) is 0 Å². The molecular weight excluding hydrogens is 224 g/mol. The molecule has 0 aliphatic heterocycles. The second-order valence-corrected chi connectivity index (χ2v) is 3.17. The van der Waals surface area contributed by atoms with Crippen molar-refractivity contribution in [1.29, 1.82) is 0 Å². The average molecular weight is 231 g/mol. The van der Waals surface area contributed by atoms with E-state index in [0.717, 1.165) is 12.1 Å². The van der Waals surface area contributed by atoms with E-state index in [2.05, 4.69) is 5.32 Å². The van der Waals surface area contributed by atoms with Crippen LogP contribution in [0.2, 0.25) is 5.02 Å². The lowest BCUT2D eigenvalue weighted by molar-refractivity contribution is -0.384. The minimum absolute atomic E-state index is 0.0399. The zero-order chi connectivity index (χ0) is 11.6. The Morgan fingerprint density at radius 3 is 2.67 bits per heavy atom. The third-order valence-electron chi connectivity index (χ3n) is 1.57. The molecule has 0 aliphatic carbocycles. The summed E-state index contributed by atoms with van der Waals surface area (Å²) in [6.07, 6.45) is 0. The Hall–Kier alpha value is -1.82. The molecule has 1 aromatic carbocycles. The van der Waals surface area contributed by atoms with Gasteiger partial charge in [0.15, 0.2) is 0 Å². The number of hydrogen-bond acceptors (Lipinski definition) is 4. The fourth-order valence-corrected chi connectivity index (χ4v) is 1.21. The SMILES string of the molecule is CC(=O)Nc1cc(Cl)c([N+](=O)[O-])cc1O. The quantitative estimate of drug-likeness (QED) is 0.461. The predicted molar refractivity (Wildman–Crippen MR) is 54.1 cm³/mol. The van der Waals surface area contributed by atoms with E-state index in [4.69, 9.17) is 11.6 Å². The van der Waals surface area contributed by atoms with Gasteiger partial charge in [0.2, 0.25) is 5.91 Å². The Morgan fingerprint density at radius 1 is 1.60 bits per heavy atom. The normalized spacial score (nSPS) is 9.73. The molecule has 0 saturated heterocycles. The van der Waals surface area contributed by atoms with Crippen molar-refractivity contribution in [1.82, 2.24) is 0 Å². The van der Waals surface area contributed by atoms with Crippen molar-refractivity contribution < 1.29 is 14.8 Å². The number of carbonyl (C=O) groups excluding carboxylic acids is 1. The smallest absolute Gasteiger partial charge is 0.291 e. The van der Waals surface area contributed by atoms with Crippen LogP contribution in [-0.4, -0.2) is 15.9 Å². The third-order valence-corrected chi connectivity index (χ3v) is 1.88. The summed E-state index contributed by atoms with van der Waals surface area (Å²) in [5.41, 5.74) is -0.374. The molecule has 0 aliphatic rings. The van der Waals surface area contributed by atoms with Gasteiger partial charge in [-0.1, -0.05) is 11.6 Å². The van der Waals surface area contributed by atoms with Gasteiger partial charge in [0.05, 0.1) is 16.7 Å². The average Bonchev–Trinajstić information content (AvgIpc) is 2.09. The maximum atomic E-state index is 10.7. The first-order valence-corrected chi connectivity index (χ1v) is 4.24. The summed E-state index contributed by atoms with van der Waals surface area (Å²) in [6.45, 7) is 1.24. The van der Waals surface area contributed by atoms with Crippen LogP contribution >= 0.6 is 11.6 Å². The molecule has 0 fully saturated rings. The molecule has 0 spiro atoms. The van der Waals surface area contributed by atoms with E-state index in [9.17, 15) is 20.0 Å². The first kappa shape index (κ1) is 11.3. The number of nitrogens with one attached hydrogen (secondary N) is 1. The van der Waals surface area contributed by atoms with Crippen LogP contribution in [0.15, 0.2) is 12.1 Å². The Bertz CT molecular complexity index is 433. The van der Waals surface area contributed by atoms with E-state index >= 15 is 0 Å². The maximum Gasteiger partial charge on any atom is 0.291 e. The van der Waals surface area contributed by atoms with Crippen molar-refractivity contribution in [3.05, 3.63) is 27.3 Å². The highest BCUT2D eigenvalue weighted by Crippen LogP contribution is 2.34. The summed E-state index contributed by atoms with van der Waals surface area (Å²) in [7, 11) is 0. The van der Waals surface area contributed by atoms with Gasteiger partial charge in [-0.15, -0.1) is 0 Å². The molecule has 7 heteroatoms. The second kappa shape index (κ2) is 4.14. The number of nitrogens with zero attached hydrogens (tertiary/aromatic N) is 1. The predicted octanol–water partition coefficient (Wildman–Crippen LogP) is 1.91. The molecule has 1 amide bonds. The van der Waals surface area contributed by atoms with Crippen LogP contribution in [0.4, 0.5) is 11.4 Å². The number of hydrogen-bond donors (Lipinski definition) is 2. The molecule has 0 unspecified atom stereocenters. The number of benzene rings is 1. The number of rotatable bonds is 2. The number of aromatic hydroxyl groups is 1. The van der Waals surface area contributed by atoms with Gasteiger partial charge in [0, 0.05) is 6.92 Å². The lowest BCUT2D eigenvalue weighted by Crippen LogP contribution is -2.06. The fourth-order valence-electron chi connectivity index (χ4n) is 0.980. The minimum Gasteiger partial charge on any atom is -0.506 e. The van der Waals surface area contributed by atoms with Gasteiger partial charge in [-0.05, 0) is 6.07 Å². The zero-order valence-corrected chi connectivity index (χ0v) is 8.41. The number of anilines is 1. The molecule has 0 atom stereocenters. The van der Waals surface area contributed by atoms with E-state index in [1.54, 1.807) is 0 Å². The van der Waals surface area contributed by atoms with E-state index < -0.39 is 22.3 Å². The van der Waals surface area contributed by atoms with Crippen molar-refractivity contribution in [2.45, 2.75) is 6.92 Å². The molecule has 0 saturated carbocycles. The van der Waals surface area contributed by atoms with Gasteiger partial charge in [0.1, 0.15) is 10.8 Å². The lowest BCUT2D eigenvalue weighted by atomic mass is 10.2. The van der Waals surface area contributed by atoms with Gasteiger partial charge in [-0.2, -0.15) is 0 Å². The summed E-state index contributed by atoms with van der Waals surface area (Å²) in [5.74, 6) is -0.809. The molecule has 6 nitrogen and oxygen atoms in total. The molecule has 0 heterocycles. The van der Waals surface area contributed by atoms with Gasteiger partial charge >= 0.3 is 0 Å². The van der Waals surface area contributed by atoms with Crippen LogP contribution in [-0.2, 0) is 4.79 Å². The molecular formula is C8H7ClN2O4.